The third-order valence-corrected chi connectivity index (χ3v) is 4.67. The van der Waals surface area contributed by atoms with Crippen LogP contribution >= 0.6 is 0 Å². The summed E-state index contributed by atoms with van der Waals surface area (Å²) in [5.74, 6) is -2.89. The number of carbonyl (C=O) groups is 3. The van der Waals surface area contributed by atoms with Crippen LogP contribution in [0.5, 0.6) is 0 Å². The standard InChI is InChI=1S/C18H25NO8S/c1-12(20)10-14(16(21)19-18(2,3)11-28(23,24)25)27-17(22)15(26-4)13-8-6-5-7-9-13/h5-9,14-15H,10-11H2,1-4H3,(H,19,21)(H,23,24,25). The Balaban J connectivity index is 2.96. The van der Waals surface area contributed by atoms with Crippen molar-refractivity contribution in [3.05, 3.63) is 35.9 Å². The fourth-order valence-electron chi connectivity index (χ4n) is 2.55. The van der Waals surface area contributed by atoms with E-state index in [2.05, 4.69) is 5.32 Å². The van der Waals surface area contributed by atoms with E-state index in [1.165, 1.54) is 27.9 Å². The Morgan fingerprint density at radius 1 is 1.18 bits per heavy atom. The van der Waals surface area contributed by atoms with Crippen LogP contribution in [-0.4, -0.2) is 55.1 Å². The van der Waals surface area contributed by atoms with Gasteiger partial charge >= 0.3 is 5.97 Å². The van der Waals surface area contributed by atoms with Crippen molar-refractivity contribution in [2.45, 2.75) is 44.9 Å². The van der Waals surface area contributed by atoms with Crippen LogP contribution in [-0.2, 0) is 34.0 Å². The number of amides is 1. The second-order valence-corrected chi connectivity index (χ2v) is 8.41. The largest absolute Gasteiger partial charge is 0.450 e. The molecule has 1 aromatic rings. The molecular weight excluding hydrogens is 390 g/mol. The molecule has 0 spiro atoms. The maximum absolute atomic E-state index is 12.5. The van der Waals surface area contributed by atoms with Gasteiger partial charge in [-0.15, -0.1) is 0 Å². The fourth-order valence-corrected chi connectivity index (χ4v) is 3.54. The summed E-state index contributed by atoms with van der Waals surface area (Å²) in [6.07, 6.45) is -2.98. The Kier molecular flexibility index (Phi) is 8.28. The number of Topliss-reactive ketones (excluding diaryl/α,β-unsaturated/α-hetero) is 1. The summed E-state index contributed by atoms with van der Waals surface area (Å²) in [5.41, 5.74) is -0.852. The van der Waals surface area contributed by atoms with Gasteiger partial charge in [-0.1, -0.05) is 30.3 Å². The molecule has 0 bridgehead atoms. The quantitative estimate of drug-likeness (QED) is 0.427. The number of carbonyl (C=O) groups excluding carboxylic acids is 3. The van der Waals surface area contributed by atoms with Crippen molar-refractivity contribution >= 4 is 27.8 Å². The van der Waals surface area contributed by atoms with E-state index in [9.17, 15) is 22.8 Å². The average Bonchev–Trinajstić information content (AvgIpc) is 2.52. The summed E-state index contributed by atoms with van der Waals surface area (Å²) in [7, 11) is -3.06. The van der Waals surface area contributed by atoms with Crippen LogP contribution < -0.4 is 5.32 Å². The van der Waals surface area contributed by atoms with Crippen LogP contribution in [0.15, 0.2) is 30.3 Å². The SMILES string of the molecule is COC(C(=O)OC(CC(C)=O)C(=O)NC(C)(C)CS(=O)(=O)O)c1ccccc1. The summed E-state index contributed by atoms with van der Waals surface area (Å²) in [6.45, 7) is 3.96. The maximum atomic E-state index is 12.5. The number of hydrogen-bond acceptors (Lipinski definition) is 7. The van der Waals surface area contributed by atoms with Gasteiger partial charge in [0.15, 0.2) is 12.2 Å². The molecule has 28 heavy (non-hydrogen) atoms. The van der Waals surface area contributed by atoms with Crippen LogP contribution in [0.2, 0.25) is 0 Å². The smallest absolute Gasteiger partial charge is 0.340 e. The second kappa shape index (κ2) is 9.76. The first-order valence-corrected chi connectivity index (χ1v) is 10.0. The van der Waals surface area contributed by atoms with Crippen LogP contribution in [0.25, 0.3) is 0 Å². The van der Waals surface area contributed by atoms with E-state index in [1.54, 1.807) is 30.3 Å². The summed E-state index contributed by atoms with van der Waals surface area (Å²) in [5, 5.41) is 2.37. The average molecular weight is 415 g/mol. The molecule has 9 nitrogen and oxygen atoms in total. The molecule has 10 heteroatoms. The van der Waals surface area contributed by atoms with Gasteiger partial charge in [-0.05, 0) is 26.3 Å². The van der Waals surface area contributed by atoms with Gasteiger partial charge < -0.3 is 14.8 Å². The van der Waals surface area contributed by atoms with Crippen LogP contribution in [0.3, 0.4) is 0 Å². The number of hydrogen-bond donors (Lipinski definition) is 2. The molecule has 0 saturated heterocycles. The van der Waals surface area contributed by atoms with E-state index in [-0.39, 0.29) is 0 Å². The molecule has 1 amide bonds. The van der Waals surface area contributed by atoms with Gasteiger partial charge in [0.1, 0.15) is 5.78 Å². The zero-order valence-electron chi connectivity index (χ0n) is 16.2. The molecule has 2 atom stereocenters. The van der Waals surface area contributed by atoms with Gasteiger partial charge in [0.25, 0.3) is 16.0 Å². The van der Waals surface area contributed by atoms with E-state index in [1.807, 2.05) is 0 Å². The second-order valence-electron chi connectivity index (χ2n) is 6.96. The lowest BCUT2D eigenvalue weighted by Gasteiger charge is -2.28. The highest BCUT2D eigenvalue weighted by molar-refractivity contribution is 7.85. The molecule has 1 rings (SSSR count). The molecule has 0 aliphatic heterocycles. The minimum absolute atomic E-state index is 0.398. The normalized spacial score (nSPS) is 14.0. The number of rotatable bonds is 10. The summed E-state index contributed by atoms with van der Waals surface area (Å²) < 4.78 is 41.5. The molecule has 0 radical (unpaired) electrons. The first kappa shape index (κ1) is 23.7. The third-order valence-electron chi connectivity index (χ3n) is 3.58. The van der Waals surface area contributed by atoms with E-state index in [0.29, 0.717) is 5.56 Å². The molecule has 2 unspecified atom stereocenters. The minimum atomic E-state index is -4.36. The Morgan fingerprint density at radius 2 is 1.75 bits per heavy atom. The topological polar surface area (TPSA) is 136 Å². The molecule has 1 aromatic carbocycles. The first-order valence-electron chi connectivity index (χ1n) is 8.39. The molecule has 2 N–H and O–H groups in total. The number of ketones is 1. The van der Waals surface area contributed by atoms with E-state index >= 15 is 0 Å². The summed E-state index contributed by atoms with van der Waals surface area (Å²) in [6, 6.07) is 8.44. The van der Waals surface area contributed by atoms with Gasteiger partial charge in [-0.25, -0.2) is 4.79 Å². The molecule has 0 aliphatic carbocycles. The van der Waals surface area contributed by atoms with Crippen molar-refractivity contribution in [1.82, 2.24) is 5.32 Å². The highest BCUT2D eigenvalue weighted by atomic mass is 32.2. The minimum Gasteiger partial charge on any atom is -0.450 e. The Labute approximate surface area is 164 Å². The predicted octanol–water partition coefficient (Wildman–Crippen LogP) is 1.05. The third kappa shape index (κ3) is 8.15. The summed E-state index contributed by atoms with van der Waals surface area (Å²) >= 11 is 0. The summed E-state index contributed by atoms with van der Waals surface area (Å²) in [4.78, 5) is 36.5. The molecule has 0 aliphatic rings. The van der Waals surface area contributed by atoms with Gasteiger partial charge in [-0.2, -0.15) is 8.42 Å². The zero-order chi connectivity index (χ0) is 21.5. The molecular formula is C18H25NO8S. The lowest BCUT2D eigenvalue weighted by Crippen LogP contribution is -2.52. The van der Waals surface area contributed by atoms with Crippen LogP contribution in [0, 0.1) is 0 Å². The van der Waals surface area contributed by atoms with E-state index < -0.39 is 57.7 Å². The van der Waals surface area contributed by atoms with Crippen molar-refractivity contribution in [3.63, 3.8) is 0 Å². The number of esters is 1. The lowest BCUT2D eigenvalue weighted by molar-refractivity contribution is -0.167. The molecule has 0 fully saturated rings. The van der Waals surface area contributed by atoms with Gasteiger partial charge in [0.05, 0.1) is 17.7 Å². The molecule has 0 heterocycles. The van der Waals surface area contributed by atoms with Gasteiger partial charge in [-0.3, -0.25) is 14.1 Å². The number of ether oxygens (including phenoxy) is 2. The highest BCUT2D eigenvalue weighted by Gasteiger charge is 2.34. The Morgan fingerprint density at radius 3 is 2.21 bits per heavy atom. The first-order chi connectivity index (χ1) is 12.8. The molecule has 0 aromatic heterocycles. The number of methoxy groups -OCH3 is 1. The van der Waals surface area contributed by atoms with Crippen molar-refractivity contribution in [2.24, 2.45) is 0 Å². The number of nitrogens with one attached hydrogen (secondary N) is 1. The van der Waals surface area contributed by atoms with Crippen LogP contribution in [0.4, 0.5) is 0 Å². The molecule has 0 saturated carbocycles. The van der Waals surface area contributed by atoms with Gasteiger partial charge in [0, 0.05) is 7.11 Å². The zero-order valence-corrected chi connectivity index (χ0v) is 17.0. The van der Waals surface area contributed by atoms with Crippen molar-refractivity contribution < 1.29 is 36.8 Å². The molecule has 156 valence electrons. The van der Waals surface area contributed by atoms with E-state index in [4.69, 9.17) is 14.0 Å². The monoisotopic (exact) mass is 415 g/mol. The Hall–Kier alpha value is -2.30. The Bertz CT molecular complexity index is 804. The van der Waals surface area contributed by atoms with Crippen LogP contribution in [0.1, 0.15) is 38.9 Å². The van der Waals surface area contributed by atoms with Gasteiger partial charge in [0.2, 0.25) is 0 Å². The lowest BCUT2D eigenvalue weighted by atomic mass is 10.1. The van der Waals surface area contributed by atoms with Crippen molar-refractivity contribution in [2.75, 3.05) is 12.9 Å². The van der Waals surface area contributed by atoms with Crippen molar-refractivity contribution in [1.29, 1.82) is 0 Å². The number of benzene rings is 1. The van der Waals surface area contributed by atoms with Crippen molar-refractivity contribution in [3.8, 4) is 0 Å². The maximum Gasteiger partial charge on any atom is 0.340 e. The predicted molar refractivity (Wildman–Crippen MR) is 100 cm³/mol. The highest BCUT2D eigenvalue weighted by Crippen LogP contribution is 2.20. The van der Waals surface area contributed by atoms with E-state index in [0.717, 1.165) is 0 Å². The fraction of sp³-hybridized carbons (Fsp3) is 0.500.